The summed E-state index contributed by atoms with van der Waals surface area (Å²) in [6.45, 7) is 4.44. The van der Waals surface area contributed by atoms with E-state index in [-0.39, 0.29) is 17.6 Å². The van der Waals surface area contributed by atoms with E-state index in [0.29, 0.717) is 19.7 Å². The van der Waals surface area contributed by atoms with Crippen LogP contribution in [0.2, 0.25) is 0 Å². The predicted molar refractivity (Wildman–Crippen MR) is 71.9 cm³/mol. The molecule has 0 aliphatic carbocycles. The van der Waals surface area contributed by atoms with Gasteiger partial charge in [0, 0.05) is 25.4 Å². The maximum Gasteiger partial charge on any atom is 0.323 e. The average Bonchev–Trinajstić information content (AvgIpc) is 2.86. The summed E-state index contributed by atoms with van der Waals surface area (Å²) < 4.78 is 6.75. The fourth-order valence-corrected chi connectivity index (χ4v) is 2.48. The van der Waals surface area contributed by atoms with E-state index in [4.69, 9.17) is 4.74 Å². The molecule has 0 aromatic carbocycles. The highest BCUT2D eigenvalue weighted by atomic mass is 16.5. The quantitative estimate of drug-likeness (QED) is 0.741. The van der Waals surface area contributed by atoms with Gasteiger partial charge < -0.3 is 9.30 Å². The van der Waals surface area contributed by atoms with Gasteiger partial charge in [0.1, 0.15) is 6.04 Å². The van der Waals surface area contributed by atoms with Crippen LogP contribution in [0.25, 0.3) is 0 Å². The highest BCUT2D eigenvalue weighted by molar-refractivity contribution is 5.76. The van der Waals surface area contributed by atoms with E-state index < -0.39 is 0 Å². The normalized spacial score (nSPS) is 19.5. The van der Waals surface area contributed by atoms with Gasteiger partial charge in [-0.05, 0) is 32.4 Å². The number of hydrogen-bond donors (Lipinski definition) is 0. The van der Waals surface area contributed by atoms with Gasteiger partial charge in [0.15, 0.2) is 0 Å². The summed E-state index contributed by atoms with van der Waals surface area (Å²) in [6.07, 6.45) is 3.63. The van der Waals surface area contributed by atoms with Crippen molar-refractivity contribution in [3.63, 3.8) is 0 Å². The Kier molecular flexibility index (Phi) is 4.74. The van der Waals surface area contributed by atoms with E-state index in [2.05, 4.69) is 4.90 Å². The molecule has 104 valence electrons. The zero-order chi connectivity index (χ0) is 13.7. The highest BCUT2D eigenvalue weighted by Crippen LogP contribution is 2.18. The molecule has 1 aromatic heterocycles. The van der Waals surface area contributed by atoms with Crippen LogP contribution in [0.5, 0.6) is 0 Å². The molecule has 0 amide bonds. The summed E-state index contributed by atoms with van der Waals surface area (Å²) in [5, 5.41) is 0. The zero-order valence-corrected chi connectivity index (χ0v) is 11.2. The smallest absolute Gasteiger partial charge is 0.323 e. The van der Waals surface area contributed by atoms with E-state index in [1.54, 1.807) is 22.9 Å². The molecular weight excluding hydrogens is 244 g/mol. The number of esters is 1. The Hall–Kier alpha value is -1.62. The summed E-state index contributed by atoms with van der Waals surface area (Å²) in [5.74, 6) is -0.139. The van der Waals surface area contributed by atoms with Crippen LogP contribution < -0.4 is 5.56 Å². The first-order chi connectivity index (χ1) is 9.22. The number of pyridine rings is 1. The van der Waals surface area contributed by atoms with Gasteiger partial charge in [0.25, 0.3) is 5.56 Å². The van der Waals surface area contributed by atoms with Crippen molar-refractivity contribution < 1.29 is 9.53 Å². The van der Waals surface area contributed by atoms with Crippen molar-refractivity contribution in [3.05, 3.63) is 34.7 Å². The molecule has 1 unspecified atom stereocenters. The summed E-state index contributed by atoms with van der Waals surface area (Å²) >= 11 is 0. The molecule has 0 spiro atoms. The van der Waals surface area contributed by atoms with Crippen molar-refractivity contribution in [3.8, 4) is 0 Å². The van der Waals surface area contributed by atoms with Crippen molar-refractivity contribution >= 4 is 5.97 Å². The molecule has 5 nitrogen and oxygen atoms in total. The first-order valence-corrected chi connectivity index (χ1v) is 6.78. The summed E-state index contributed by atoms with van der Waals surface area (Å²) in [4.78, 5) is 25.5. The zero-order valence-electron chi connectivity index (χ0n) is 11.2. The van der Waals surface area contributed by atoms with E-state index in [1.807, 2.05) is 13.0 Å². The third-order valence-corrected chi connectivity index (χ3v) is 3.45. The van der Waals surface area contributed by atoms with Crippen molar-refractivity contribution in [2.24, 2.45) is 0 Å². The van der Waals surface area contributed by atoms with Crippen LogP contribution in [0, 0.1) is 0 Å². The Morgan fingerprint density at radius 2 is 2.26 bits per heavy atom. The lowest BCUT2D eigenvalue weighted by molar-refractivity contribution is -0.148. The molecule has 19 heavy (non-hydrogen) atoms. The van der Waals surface area contributed by atoms with Crippen LogP contribution >= 0.6 is 0 Å². The topological polar surface area (TPSA) is 51.5 Å². The van der Waals surface area contributed by atoms with Gasteiger partial charge in [0.05, 0.1) is 6.61 Å². The molecule has 2 rings (SSSR count). The molecule has 0 N–H and O–H groups in total. The van der Waals surface area contributed by atoms with Crippen LogP contribution in [-0.4, -0.2) is 41.2 Å². The molecule has 0 saturated carbocycles. The monoisotopic (exact) mass is 264 g/mol. The maximum atomic E-state index is 11.8. The summed E-state index contributed by atoms with van der Waals surface area (Å²) in [5.41, 5.74) is -0.00520. The molecule has 1 aliphatic rings. The number of nitrogens with zero attached hydrogens (tertiary/aromatic N) is 2. The van der Waals surface area contributed by atoms with Gasteiger partial charge in [-0.2, -0.15) is 0 Å². The van der Waals surface area contributed by atoms with Crippen LogP contribution in [0.3, 0.4) is 0 Å². The minimum atomic E-state index is -0.139. The number of hydrogen-bond acceptors (Lipinski definition) is 4. The van der Waals surface area contributed by atoms with Crippen LogP contribution in [0.4, 0.5) is 0 Å². The second-order valence-electron chi connectivity index (χ2n) is 4.68. The molecule has 1 aromatic rings. The molecular formula is C14H20N2O3. The molecule has 2 heterocycles. The number of likely N-dealkylation sites (tertiary alicyclic amines) is 1. The number of carbonyl (C=O) groups is 1. The first-order valence-electron chi connectivity index (χ1n) is 6.78. The lowest BCUT2D eigenvalue weighted by Gasteiger charge is -2.22. The lowest BCUT2D eigenvalue weighted by atomic mass is 10.2. The molecule has 5 heteroatoms. The minimum Gasteiger partial charge on any atom is -0.465 e. The Bertz CT molecular complexity index is 484. The average molecular weight is 264 g/mol. The van der Waals surface area contributed by atoms with Crippen molar-refractivity contribution in [2.75, 3.05) is 19.7 Å². The van der Waals surface area contributed by atoms with Gasteiger partial charge in [0.2, 0.25) is 0 Å². The number of aromatic nitrogens is 1. The first kappa shape index (κ1) is 13.8. The van der Waals surface area contributed by atoms with Crippen LogP contribution in [0.1, 0.15) is 19.8 Å². The number of rotatable bonds is 5. The van der Waals surface area contributed by atoms with Crippen LogP contribution in [-0.2, 0) is 16.1 Å². The Balaban J connectivity index is 1.93. The van der Waals surface area contributed by atoms with Crippen molar-refractivity contribution in [1.29, 1.82) is 0 Å². The second-order valence-corrected chi connectivity index (χ2v) is 4.68. The molecule has 0 radical (unpaired) electrons. The highest BCUT2D eigenvalue weighted by Gasteiger charge is 2.31. The standard InChI is InChI=1S/C14H20N2O3/c1-2-19-14(18)12-6-5-9-15(12)10-11-16-8-4-3-7-13(16)17/h3-4,7-8,12H,2,5-6,9-11H2,1H3. The van der Waals surface area contributed by atoms with E-state index in [9.17, 15) is 9.59 Å². The largest absolute Gasteiger partial charge is 0.465 e. The Labute approximate surface area is 112 Å². The second kappa shape index (κ2) is 6.52. The molecule has 1 saturated heterocycles. The maximum absolute atomic E-state index is 11.8. The van der Waals surface area contributed by atoms with Gasteiger partial charge in [-0.15, -0.1) is 0 Å². The van der Waals surface area contributed by atoms with Gasteiger partial charge in [-0.1, -0.05) is 6.07 Å². The fourth-order valence-electron chi connectivity index (χ4n) is 2.48. The van der Waals surface area contributed by atoms with Crippen LogP contribution in [0.15, 0.2) is 29.2 Å². The third kappa shape index (κ3) is 3.44. The Morgan fingerprint density at radius 3 is 3.00 bits per heavy atom. The summed E-state index contributed by atoms with van der Waals surface area (Å²) in [6, 6.07) is 4.98. The van der Waals surface area contributed by atoms with Gasteiger partial charge in [-0.3, -0.25) is 14.5 Å². The van der Waals surface area contributed by atoms with Crippen molar-refractivity contribution in [1.82, 2.24) is 9.47 Å². The number of carbonyl (C=O) groups excluding carboxylic acids is 1. The van der Waals surface area contributed by atoms with Gasteiger partial charge in [-0.25, -0.2) is 0 Å². The number of ether oxygens (including phenoxy) is 1. The molecule has 1 fully saturated rings. The minimum absolute atomic E-state index is 0.00520. The predicted octanol–water partition coefficient (Wildman–Crippen LogP) is 0.876. The third-order valence-electron chi connectivity index (χ3n) is 3.45. The molecule has 1 atom stereocenters. The van der Waals surface area contributed by atoms with Gasteiger partial charge >= 0.3 is 5.97 Å². The lowest BCUT2D eigenvalue weighted by Crippen LogP contribution is -2.39. The Morgan fingerprint density at radius 1 is 1.42 bits per heavy atom. The fraction of sp³-hybridized carbons (Fsp3) is 0.571. The van der Waals surface area contributed by atoms with E-state index in [0.717, 1.165) is 19.4 Å². The van der Waals surface area contributed by atoms with Crippen molar-refractivity contribution in [2.45, 2.75) is 32.4 Å². The molecule has 0 bridgehead atoms. The SMILES string of the molecule is CCOC(=O)C1CCCN1CCn1ccccc1=O. The van der Waals surface area contributed by atoms with E-state index >= 15 is 0 Å². The molecule has 1 aliphatic heterocycles. The van der Waals surface area contributed by atoms with E-state index in [1.165, 1.54) is 0 Å². The summed E-state index contributed by atoms with van der Waals surface area (Å²) in [7, 11) is 0.